The molecule has 3 aliphatic rings. The van der Waals surface area contributed by atoms with Gasteiger partial charge in [-0.15, -0.1) is 0 Å². The molecule has 4 nitrogen and oxygen atoms in total. The maximum absolute atomic E-state index is 12.5. The van der Waals surface area contributed by atoms with Gasteiger partial charge in [-0.2, -0.15) is 5.26 Å². The molecule has 0 heterocycles. The largest absolute Gasteiger partial charge is 0.346 e. The Balaban J connectivity index is 2.60. The molecule has 0 unspecified atom stereocenters. The molecule has 17 heavy (non-hydrogen) atoms. The number of carbonyl (C=O) groups excluding carboxylic acids is 1. The highest BCUT2D eigenvalue weighted by Gasteiger charge is 2.64. The third-order valence-electron chi connectivity index (χ3n) is 3.99. The van der Waals surface area contributed by atoms with Crippen LogP contribution in [0.5, 0.6) is 0 Å². The summed E-state index contributed by atoms with van der Waals surface area (Å²) in [5.74, 6) is -1.98. The summed E-state index contributed by atoms with van der Waals surface area (Å²) in [5, 5.41) is 9.17. The molecule has 0 amide bonds. The van der Waals surface area contributed by atoms with Gasteiger partial charge in [0.2, 0.25) is 11.6 Å². The van der Waals surface area contributed by atoms with Crippen molar-refractivity contribution in [1.82, 2.24) is 0 Å². The van der Waals surface area contributed by atoms with E-state index < -0.39 is 11.2 Å². The first kappa shape index (κ1) is 12.7. The minimum atomic E-state index is -1.25. The van der Waals surface area contributed by atoms with Crippen molar-refractivity contribution in [3.05, 3.63) is 10.6 Å². The van der Waals surface area contributed by atoms with Crippen molar-refractivity contribution >= 4 is 21.7 Å². The number of Topliss-reactive ketones (excluding diaryl/α,β-unsaturated/α-hetero) is 1. The zero-order valence-corrected chi connectivity index (χ0v) is 11.6. The number of rotatable bonds is 2. The van der Waals surface area contributed by atoms with Gasteiger partial charge in [0.15, 0.2) is 0 Å². The van der Waals surface area contributed by atoms with Gasteiger partial charge < -0.3 is 9.47 Å². The molecule has 0 saturated heterocycles. The lowest BCUT2D eigenvalue weighted by Crippen LogP contribution is -2.63. The molecule has 3 atom stereocenters. The van der Waals surface area contributed by atoms with Crippen LogP contribution in [0.25, 0.3) is 0 Å². The summed E-state index contributed by atoms with van der Waals surface area (Å²) in [6.07, 6.45) is 2.39. The molecule has 0 aromatic heterocycles. The molecular formula is C12H14BrNO3. The predicted octanol–water partition coefficient (Wildman–Crippen LogP) is 2.00. The minimum absolute atomic E-state index is 0.166. The Morgan fingerprint density at radius 2 is 2.12 bits per heavy atom. The number of carbonyl (C=O) groups is 1. The summed E-state index contributed by atoms with van der Waals surface area (Å²) in [4.78, 5) is 12.5. The highest BCUT2D eigenvalue weighted by molar-refractivity contribution is 9.11. The molecule has 3 aliphatic carbocycles. The van der Waals surface area contributed by atoms with Gasteiger partial charge in [0.1, 0.15) is 0 Å². The number of hydrogen-bond donors (Lipinski definition) is 0. The van der Waals surface area contributed by atoms with Crippen LogP contribution in [-0.2, 0) is 14.3 Å². The fourth-order valence-corrected chi connectivity index (χ4v) is 3.88. The van der Waals surface area contributed by atoms with E-state index in [2.05, 4.69) is 22.0 Å². The Morgan fingerprint density at radius 1 is 1.53 bits per heavy atom. The van der Waals surface area contributed by atoms with Crippen molar-refractivity contribution in [1.29, 1.82) is 5.26 Å². The van der Waals surface area contributed by atoms with Crippen molar-refractivity contribution < 1.29 is 14.3 Å². The van der Waals surface area contributed by atoms with Crippen LogP contribution in [0.15, 0.2) is 10.6 Å². The Hall–Kier alpha value is -0.700. The number of nitriles is 1. The summed E-state index contributed by atoms with van der Waals surface area (Å²) in [5.41, 5.74) is -0.839. The molecule has 0 aliphatic heterocycles. The maximum atomic E-state index is 12.5. The van der Waals surface area contributed by atoms with Gasteiger partial charge in [0.25, 0.3) is 0 Å². The molecule has 3 rings (SSSR count). The maximum Gasteiger partial charge on any atom is 0.237 e. The SMILES string of the molecule is COC1(OC)C(=O)[C@@]2(C)C=C(Br)[C@@H]1C[C@@H]2C#N. The lowest BCUT2D eigenvalue weighted by Gasteiger charge is -2.52. The van der Waals surface area contributed by atoms with Crippen LogP contribution >= 0.6 is 15.9 Å². The highest BCUT2D eigenvalue weighted by atomic mass is 79.9. The van der Waals surface area contributed by atoms with E-state index >= 15 is 0 Å². The van der Waals surface area contributed by atoms with E-state index in [1.807, 2.05) is 6.08 Å². The van der Waals surface area contributed by atoms with Crippen LogP contribution < -0.4 is 0 Å². The summed E-state index contributed by atoms with van der Waals surface area (Å²) < 4.78 is 11.6. The van der Waals surface area contributed by atoms with E-state index in [1.54, 1.807) is 6.92 Å². The topological polar surface area (TPSA) is 59.3 Å². The van der Waals surface area contributed by atoms with Crippen LogP contribution in [-0.4, -0.2) is 25.8 Å². The van der Waals surface area contributed by atoms with Gasteiger partial charge >= 0.3 is 0 Å². The molecule has 0 aromatic carbocycles. The van der Waals surface area contributed by atoms with Gasteiger partial charge in [0.05, 0.1) is 23.3 Å². The fraction of sp³-hybridized carbons (Fsp3) is 0.667. The average Bonchev–Trinajstić information content (AvgIpc) is 2.32. The number of ketones is 1. The predicted molar refractivity (Wildman–Crippen MR) is 64.1 cm³/mol. The van der Waals surface area contributed by atoms with Gasteiger partial charge in [0, 0.05) is 18.7 Å². The summed E-state index contributed by atoms with van der Waals surface area (Å²) >= 11 is 3.46. The van der Waals surface area contributed by atoms with Crippen LogP contribution in [0, 0.1) is 28.6 Å². The molecular weight excluding hydrogens is 286 g/mol. The Morgan fingerprint density at radius 3 is 2.59 bits per heavy atom. The molecule has 1 fully saturated rings. The van der Waals surface area contributed by atoms with E-state index in [-0.39, 0.29) is 17.6 Å². The van der Waals surface area contributed by atoms with Crippen molar-refractivity contribution in [3.63, 3.8) is 0 Å². The number of hydrogen-bond acceptors (Lipinski definition) is 4. The molecule has 1 saturated carbocycles. The summed E-state index contributed by atoms with van der Waals surface area (Å²) in [6, 6.07) is 2.22. The Bertz CT molecular complexity index is 436. The second-order valence-electron chi connectivity index (χ2n) is 4.69. The second-order valence-corrected chi connectivity index (χ2v) is 5.60. The average molecular weight is 300 g/mol. The number of nitrogens with zero attached hydrogens (tertiary/aromatic N) is 1. The standard InChI is InChI=1S/C12H14BrNO3/c1-11-5-9(13)8(4-7(11)6-14)12(16-2,17-3)10(11)15/h5,7-8H,4H2,1-3H3/t7-,8+,11+/m1/s1. The lowest BCUT2D eigenvalue weighted by atomic mass is 9.57. The summed E-state index contributed by atoms with van der Waals surface area (Å²) in [7, 11) is 2.93. The number of ether oxygens (including phenoxy) is 2. The quantitative estimate of drug-likeness (QED) is 0.732. The minimum Gasteiger partial charge on any atom is -0.346 e. The monoisotopic (exact) mass is 299 g/mol. The third-order valence-corrected chi connectivity index (χ3v) is 4.77. The third kappa shape index (κ3) is 1.38. The first-order valence-electron chi connectivity index (χ1n) is 5.39. The normalized spacial score (nSPS) is 38.8. The molecule has 0 N–H and O–H groups in total. The van der Waals surface area contributed by atoms with Gasteiger partial charge in [-0.05, 0) is 13.3 Å². The van der Waals surface area contributed by atoms with Crippen LogP contribution in [0.2, 0.25) is 0 Å². The van der Waals surface area contributed by atoms with E-state index in [0.717, 1.165) is 4.48 Å². The number of halogens is 1. The van der Waals surface area contributed by atoms with Crippen molar-refractivity contribution in [2.24, 2.45) is 17.3 Å². The smallest absolute Gasteiger partial charge is 0.237 e. The highest BCUT2D eigenvalue weighted by Crippen LogP contribution is 2.56. The molecule has 5 heteroatoms. The summed E-state index contributed by atoms with van der Waals surface area (Å²) in [6.45, 7) is 1.77. The molecule has 0 aromatic rings. The van der Waals surface area contributed by atoms with E-state index in [4.69, 9.17) is 14.7 Å². The fourth-order valence-electron chi connectivity index (χ4n) is 2.91. The Kier molecular flexibility index (Phi) is 2.93. The molecule has 92 valence electrons. The van der Waals surface area contributed by atoms with Crippen molar-refractivity contribution in [2.45, 2.75) is 19.1 Å². The number of allylic oxidation sites excluding steroid dienone is 1. The number of fused-ring (bicyclic) bond motifs is 2. The van der Waals surface area contributed by atoms with Gasteiger partial charge in [-0.3, -0.25) is 4.79 Å². The molecule has 2 bridgehead atoms. The van der Waals surface area contributed by atoms with E-state index in [0.29, 0.717) is 6.42 Å². The van der Waals surface area contributed by atoms with Gasteiger partial charge in [-0.1, -0.05) is 22.0 Å². The van der Waals surface area contributed by atoms with Crippen molar-refractivity contribution in [3.8, 4) is 6.07 Å². The van der Waals surface area contributed by atoms with Gasteiger partial charge in [-0.25, -0.2) is 0 Å². The van der Waals surface area contributed by atoms with Crippen molar-refractivity contribution in [2.75, 3.05) is 14.2 Å². The van der Waals surface area contributed by atoms with Crippen LogP contribution in [0.3, 0.4) is 0 Å². The zero-order chi connectivity index (χ0) is 12.8. The zero-order valence-electron chi connectivity index (χ0n) is 9.99. The van der Waals surface area contributed by atoms with Crippen LogP contribution in [0.4, 0.5) is 0 Å². The first-order chi connectivity index (χ1) is 7.96. The number of methoxy groups -OCH3 is 2. The second kappa shape index (κ2) is 3.91. The Labute approximate surface area is 109 Å². The van der Waals surface area contributed by atoms with E-state index in [1.165, 1.54) is 14.2 Å². The van der Waals surface area contributed by atoms with Crippen LogP contribution in [0.1, 0.15) is 13.3 Å². The lowest BCUT2D eigenvalue weighted by molar-refractivity contribution is -0.245. The molecule has 0 spiro atoms. The molecule has 0 radical (unpaired) electrons. The van der Waals surface area contributed by atoms with E-state index in [9.17, 15) is 4.79 Å². The first-order valence-corrected chi connectivity index (χ1v) is 6.18.